The van der Waals surface area contributed by atoms with E-state index >= 15 is 0 Å². The van der Waals surface area contributed by atoms with Gasteiger partial charge in [-0.15, -0.1) is 5.10 Å². The van der Waals surface area contributed by atoms with Crippen molar-refractivity contribution in [1.29, 1.82) is 0 Å². The summed E-state index contributed by atoms with van der Waals surface area (Å²) in [6, 6.07) is 13.2. The molecule has 0 aliphatic carbocycles. The van der Waals surface area contributed by atoms with Crippen LogP contribution in [0.15, 0.2) is 42.5 Å². The first kappa shape index (κ1) is 13.3. The number of benzene rings is 2. The fourth-order valence-electron chi connectivity index (χ4n) is 2.21. The summed E-state index contributed by atoms with van der Waals surface area (Å²) in [5.41, 5.74) is 4.22. The Bertz CT molecular complexity index is 790. The number of hydrogen-bond donors (Lipinski definition) is 1. The molecule has 2 aromatic carbocycles. The van der Waals surface area contributed by atoms with Gasteiger partial charge in [0.05, 0.1) is 5.52 Å². The Hall–Kier alpha value is -2.69. The Morgan fingerprint density at radius 2 is 1.95 bits per heavy atom. The van der Waals surface area contributed by atoms with Crippen LogP contribution in [0.4, 0.5) is 5.69 Å². The van der Waals surface area contributed by atoms with Crippen molar-refractivity contribution >= 4 is 22.6 Å². The van der Waals surface area contributed by atoms with Gasteiger partial charge in [-0.3, -0.25) is 4.79 Å². The number of aromatic nitrogens is 3. The lowest BCUT2D eigenvalue weighted by atomic mass is 10.1. The molecule has 1 N–H and O–H groups in total. The van der Waals surface area contributed by atoms with Crippen molar-refractivity contribution in [3.63, 3.8) is 0 Å². The first-order valence-electron chi connectivity index (χ1n) is 6.87. The maximum Gasteiger partial charge on any atom is 0.255 e. The third-order valence-electron chi connectivity index (χ3n) is 3.49. The van der Waals surface area contributed by atoms with E-state index in [1.165, 1.54) is 5.56 Å². The summed E-state index contributed by atoms with van der Waals surface area (Å²) in [6.45, 7) is 2.10. The van der Waals surface area contributed by atoms with Crippen molar-refractivity contribution in [2.24, 2.45) is 7.05 Å². The van der Waals surface area contributed by atoms with Gasteiger partial charge in [-0.25, -0.2) is 4.68 Å². The summed E-state index contributed by atoms with van der Waals surface area (Å²) < 4.78 is 1.68. The van der Waals surface area contributed by atoms with Gasteiger partial charge in [-0.2, -0.15) is 0 Å². The quantitative estimate of drug-likeness (QED) is 0.802. The molecule has 0 aliphatic heterocycles. The van der Waals surface area contributed by atoms with Crippen LogP contribution in [-0.2, 0) is 13.5 Å². The molecule has 0 spiro atoms. The fraction of sp³-hybridized carbons (Fsp3) is 0.188. The fourth-order valence-corrected chi connectivity index (χ4v) is 2.21. The molecule has 3 aromatic rings. The van der Waals surface area contributed by atoms with Crippen LogP contribution < -0.4 is 5.32 Å². The average molecular weight is 280 g/mol. The molecule has 0 aliphatic rings. The second-order valence-electron chi connectivity index (χ2n) is 4.92. The van der Waals surface area contributed by atoms with E-state index in [-0.39, 0.29) is 5.91 Å². The Morgan fingerprint density at radius 1 is 1.19 bits per heavy atom. The number of carbonyl (C=O) groups is 1. The minimum atomic E-state index is -0.146. The van der Waals surface area contributed by atoms with Gasteiger partial charge in [-0.05, 0) is 42.3 Å². The summed E-state index contributed by atoms with van der Waals surface area (Å²) >= 11 is 0. The van der Waals surface area contributed by atoms with Gasteiger partial charge in [0, 0.05) is 18.3 Å². The van der Waals surface area contributed by atoms with Crippen LogP contribution in [0.3, 0.4) is 0 Å². The van der Waals surface area contributed by atoms with E-state index in [2.05, 4.69) is 22.6 Å². The number of anilines is 1. The molecular weight excluding hydrogens is 264 g/mol. The lowest BCUT2D eigenvalue weighted by molar-refractivity contribution is 0.102. The number of fused-ring (bicyclic) bond motifs is 1. The van der Waals surface area contributed by atoms with Gasteiger partial charge >= 0.3 is 0 Å². The SMILES string of the molecule is CCc1ccc(NC(=O)c2ccc3c(c2)nnn3C)cc1. The van der Waals surface area contributed by atoms with Crippen LogP contribution >= 0.6 is 0 Å². The lowest BCUT2D eigenvalue weighted by Crippen LogP contribution is -2.11. The molecule has 0 unspecified atom stereocenters. The van der Waals surface area contributed by atoms with E-state index in [0.29, 0.717) is 11.1 Å². The van der Waals surface area contributed by atoms with Gasteiger partial charge in [0.15, 0.2) is 0 Å². The molecule has 1 heterocycles. The maximum absolute atomic E-state index is 12.3. The molecule has 21 heavy (non-hydrogen) atoms. The Balaban J connectivity index is 1.82. The van der Waals surface area contributed by atoms with E-state index in [9.17, 15) is 4.79 Å². The number of nitrogens with zero attached hydrogens (tertiary/aromatic N) is 3. The van der Waals surface area contributed by atoms with Crippen LogP contribution in [0.2, 0.25) is 0 Å². The predicted octanol–water partition coefficient (Wildman–Crippen LogP) is 2.78. The normalized spacial score (nSPS) is 10.8. The first-order valence-corrected chi connectivity index (χ1v) is 6.87. The van der Waals surface area contributed by atoms with E-state index in [1.54, 1.807) is 16.8 Å². The van der Waals surface area contributed by atoms with Crippen LogP contribution in [0.5, 0.6) is 0 Å². The maximum atomic E-state index is 12.3. The Kier molecular flexibility index (Phi) is 3.39. The highest BCUT2D eigenvalue weighted by molar-refractivity contribution is 6.05. The smallest absolute Gasteiger partial charge is 0.255 e. The molecule has 5 heteroatoms. The number of amides is 1. The zero-order chi connectivity index (χ0) is 14.8. The zero-order valence-electron chi connectivity index (χ0n) is 12.0. The van der Waals surface area contributed by atoms with Gasteiger partial charge in [-0.1, -0.05) is 24.3 Å². The van der Waals surface area contributed by atoms with Gasteiger partial charge in [0.1, 0.15) is 5.52 Å². The number of aryl methyl sites for hydroxylation is 2. The minimum absolute atomic E-state index is 0.146. The number of nitrogens with one attached hydrogen (secondary N) is 1. The van der Waals surface area contributed by atoms with E-state index in [1.807, 2.05) is 37.4 Å². The first-order chi connectivity index (χ1) is 10.2. The molecule has 1 amide bonds. The summed E-state index contributed by atoms with van der Waals surface area (Å²) in [4.78, 5) is 12.3. The third-order valence-corrected chi connectivity index (χ3v) is 3.49. The molecule has 0 atom stereocenters. The lowest BCUT2D eigenvalue weighted by Gasteiger charge is -2.06. The third kappa shape index (κ3) is 2.63. The molecule has 3 rings (SSSR count). The number of hydrogen-bond acceptors (Lipinski definition) is 3. The summed E-state index contributed by atoms with van der Waals surface area (Å²) in [6.07, 6.45) is 0.984. The monoisotopic (exact) mass is 280 g/mol. The highest BCUT2D eigenvalue weighted by Crippen LogP contribution is 2.15. The van der Waals surface area contributed by atoms with Crippen LogP contribution in [0.25, 0.3) is 11.0 Å². The van der Waals surface area contributed by atoms with Gasteiger partial charge < -0.3 is 5.32 Å². The van der Waals surface area contributed by atoms with Crippen molar-refractivity contribution < 1.29 is 4.79 Å². The van der Waals surface area contributed by atoms with Crippen molar-refractivity contribution in [1.82, 2.24) is 15.0 Å². The zero-order valence-corrected chi connectivity index (χ0v) is 12.0. The molecule has 0 fully saturated rings. The van der Waals surface area contributed by atoms with Crippen molar-refractivity contribution in [2.45, 2.75) is 13.3 Å². The molecule has 5 nitrogen and oxygen atoms in total. The van der Waals surface area contributed by atoms with Crippen LogP contribution in [0, 0.1) is 0 Å². The molecule has 0 radical (unpaired) electrons. The predicted molar refractivity (Wildman–Crippen MR) is 82.3 cm³/mol. The summed E-state index contributed by atoms with van der Waals surface area (Å²) in [5, 5.41) is 10.8. The number of carbonyl (C=O) groups excluding carboxylic acids is 1. The molecule has 106 valence electrons. The largest absolute Gasteiger partial charge is 0.322 e. The molecule has 0 saturated carbocycles. The van der Waals surface area contributed by atoms with Crippen molar-refractivity contribution in [3.05, 3.63) is 53.6 Å². The van der Waals surface area contributed by atoms with E-state index < -0.39 is 0 Å². The number of rotatable bonds is 3. The molecule has 0 bridgehead atoms. The highest BCUT2D eigenvalue weighted by atomic mass is 16.1. The summed E-state index contributed by atoms with van der Waals surface area (Å²) in [5.74, 6) is -0.146. The molecule has 0 saturated heterocycles. The molecular formula is C16H16N4O. The standard InChI is InChI=1S/C16H16N4O/c1-3-11-4-7-13(8-5-11)17-16(21)12-6-9-15-14(10-12)18-19-20(15)2/h4-10H,3H2,1-2H3,(H,17,21). The highest BCUT2D eigenvalue weighted by Gasteiger charge is 2.09. The van der Waals surface area contributed by atoms with Crippen molar-refractivity contribution in [2.75, 3.05) is 5.32 Å². The van der Waals surface area contributed by atoms with Gasteiger partial charge in [0.25, 0.3) is 5.91 Å². The van der Waals surface area contributed by atoms with Crippen molar-refractivity contribution in [3.8, 4) is 0 Å². The van der Waals surface area contributed by atoms with Crippen LogP contribution in [-0.4, -0.2) is 20.9 Å². The average Bonchev–Trinajstić information content (AvgIpc) is 2.89. The van der Waals surface area contributed by atoms with Crippen LogP contribution in [0.1, 0.15) is 22.8 Å². The Labute approximate surface area is 122 Å². The second-order valence-corrected chi connectivity index (χ2v) is 4.92. The van der Waals surface area contributed by atoms with E-state index in [4.69, 9.17) is 0 Å². The minimum Gasteiger partial charge on any atom is -0.322 e. The summed E-state index contributed by atoms with van der Waals surface area (Å²) in [7, 11) is 1.82. The second kappa shape index (κ2) is 5.36. The Morgan fingerprint density at radius 3 is 2.67 bits per heavy atom. The molecule has 1 aromatic heterocycles. The topological polar surface area (TPSA) is 59.8 Å². The van der Waals surface area contributed by atoms with Gasteiger partial charge in [0.2, 0.25) is 0 Å². The van der Waals surface area contributed by atoms with E-state index in [0.717, 1.165) is 17.6 Å².